The molecule has 0 aliphatic heterocycles. The van der Waals surface area contributed by atoms with Crippen molar-refractivity contribution in [2.75, 3.05) is 0 Å². The van der Waals surface area contributed by atoms with Crippen LogP contribution in [0, 0.1) is 0 Å². The standard InChI is InChI=1S/C7H9N5/c1-4(8)7-9-2-6-5(11-7)3-10-12-6/h2-4H,8H2,1H3,(H,10,12). The molecule has 0 bridgehead atoms. The van der Waals surface area contributed by atoms with Gasteiger partial charge in [-0.2, -0.15) is 5.10 Å². The second-order valence-electron chi connectivity index (χ2n) is 2.69. The molecule has 62 valence electrons. The van der Waals surface area contributed by atoms with E-state index >= 15 is 0 Å². The van der Waals surface area contributed by atoms with Gasteiger partial charge in [0.1, 0.15) is 16.9 Å². The molecule has 3 N–H and O–H groups in total. The lowest BCUT2D eigenvalue weighted by Gasteiger charge is -2.01. The third-order valence-electron chi connectivity index (χ3n) is 1.62. The summed E-state index contributed by atoms with van der Waals surface area (Å²) in [5, 5.41) is 6.60. The van der Waals surface area contributed by atoms with Crippen LogP contribution in [0.15, 0.2) is 12.4 Å². The lowest BCUT2D eigenvalue weighted by atomic mass is 10.3. The van der Waals surface area contributed by atoms with E-state index in [0.717, 1.165) is 11.0 Å². The molecule has 0 aliphatic rings. The maximum Gasteiger partial charge on any atom is 0.145 e. The van der Waals surface area contributed by atoms with Crippen LogP contribution in [0.25, 0.3) is 11.0 Å². The molecule has 2 rings (SSSR count). The van der Waals surface area contributed by atoms with Gasteiger partial charge in [-0.25, -0.2) is 9.97 Å². The summed E-state index contributed by atoms with van der Waals surface area (Å²) in [4.78, 5) is 8.28. The van der Waals surface area contributed by atoms with E-state index in [1.54, 1.807) is 12.4 Å². The summed E-state index contributed by atoms with van der Waals surface area (Å²) in [5.74, 6) is 0.643. The average Bonchev–Trinajstić information content (AvgIpc) is 2.49. The molecule has 0 fully saturated rings. The topological polar surface area (TPSA) is 80.5 Å². The second kappa shape index (κ2) is 2.53. The summed E-state index contributed by atoms with van der Waals surface area (Å²) in [7, 11) is 0. The number of aromatic nitrogens is 4. The zero-order valence-electron chi connectivity index (χ0n) is 6.65. The Kier molecular flexibility index (Phi) is 1.51. The van der Waals surface area contributed by atoms with Crippen LogP contribution in [0.5, 0.6) is 0 Å². The largest absolute Gasteiger partial charge is 0.322 e. The van der Waals surface area contributed by atoms with Crippen LogP contribution < -0.4 is 5.73 Å². The molecule has 5 nitrogen and oxygen atoms in total. The minimum absolute atomic E-state index is 0.135. The van der Waals surface area contributed by atoms with Crippen LogP contribution in [0.2, 0.25) is 0 Å². The maximum atomic E-state index is 5.62. The first kappa shape index (κ1) is 7.17. The highest BCUT2D eigenvalue weighted by atomic mass is 15.1. The Bertz CT molecular complexity index is 391. The van der Waals surface area contributed by atoms with Crippen molar-refractivity contribution in [2.45, 2.75) is 13.0 Å². The molecule has 2 aromatic rings. The predicted molar refractivity (Wildman–Crippen MR) is 44.3 cm³/mol. The first-order valence-electron chi connectivity index (χ1n) is 3.69. The SMILES string of the molecule is CC(N)c1ncc2[nH]ncc2n1. The fourth-order valence-corrected chi connectivity index (χ4v) is 0.976. The monoisotopic (exact) mass is 163 g/mol. The van der Waals surface area contributed by atoms with Crippen molar-refractivity contribution < 1.29 is 0 Å². The number of hydrogen-bond acceptors (Lipinski definition) is 4. The normalized spacial score (nSPS) is 13.5. The number of nitrogens with zero attached hydrogens (tertiary/aromatic N) is 3. The van der Waals surface area contributed by atoms with Crippen molar-refractivity contribution in [2.24, 2.45) is 5.73 Å². The molecule has 0 amide bonds. The molecule has 0 radical (unpaired) electrons. The smallest absolute Gasteiger partial charge is 0.145 e. The van der Waals surface area contributed by atoms with Gasteiger partial charge in [0, 0.05) is 0 Å². The van der Waals surface area contributed by atoms with Crippen molar-refractivity contribution in [3.63, 3.8) is 0 Å². The fourth-order valence-electron chi connectivity index (χ4n) is 0.976. The first-order valence-corrected chi connectivity index (χ1v) is 3.69. The molecule has 1 atom stereocenters. The summed E-state index contributed by atoms with van der Waals surface area (Å²) >= 11 is 0. The van der Waals surface area contributed by atoms with Crippen molar-refractivity contribution in [3.05, 3.63) is 18.2 Å². The van der Waals surface area contributed by atoms with Gasteiger partial charge in [-0.15, -0.1) is 0 Å². The lowest BCUT2D eigenvalue weighted by Crippen LogP contribution is -2.09. The Morgan fingerprint density at radius 3 is 3.08 bits per heavy atom. The lowest BCUT2D eigenvalue weighted by molar-refractivity contribution is 0.746. The summed E-state index contributed by atoms with van der Waals surface area (Å²) < 4.78 is 0. The highest BCUT2D eigenvalue weighted by molar-refractivity contribution is 5.71. The zero-order valence-corrected chi connectivity index (χ0v) is 6.65. The number of H-pyrrole nitrogens is 1. The number of fused-ring (bicyclic) bond motifs is 1. The van der Waals surface area contributed by atoms with E-state index < -0.39 is 0 Å². The van der Waals surface area contributed by atoms with Gasteiger partial charge in [-0.1, -0.05) is 0 Å². The molecule has 0 saturated carbocycles. The summed E-state index contributed by atoms with van der Waals surface area (Å²) in [6.45, 7) is 1.85. The number of rotatable bonds is 1. The molecular weight excluding hydrogens is 154 g/mol. The van der Waals surface area contributed by atoms with Crippen molar-refractivity contribution in [1.82, 2.24) is 20.2 Å². The number of nitrogens with one attached hydrogen (secondary N) is 1. The Hall–Kier alpha value is -1.49. The van der Waals surface area contributed by atoms with Crippen LogP contribution in [0.3, 0.4) is 0 Å². The minimum atomic E-state index is -0.135. The molecule has 0 aromatic carbocycles. The van der Waals surface area contributed by atoms with Gasteiger partial charge in [-0.05, 0) is 6.92 Å². The predicted octanol–water partition coefficient (Wildman–Crippen LogP) is 0.373. The van der Waals surface area contributed by atoms with E-state index in [0.29, 0.717) is 5.82 Å². The van der Waals surface area contributed by atoms with Gasteiger partial charge in [0.15, 0.2) is 0 Å². The number of nitrogens with two attached hydrogens (primary N) is 1. The average molecular weight is 163 g/mol. The highest BCUT2D eigenvalue weighted by Gasteiger charge is 2.04. The van der Waals surface area contributed by atoms with E-state index in [2.05, 4.69) is 20.2 Å². The van der Waals surface area contributed by atoms with Gasteiger partial charge in [0.2, 0.25) is 0 Å². The van der Waals surface area contributed by atoms with Gasteiger partial charge < -0.3 is 5.73 Å². The zero-order chi connectivity index (χ0) is 8.55. The quantitative estimate of drug-likeness (QED) is 0.636. The van der Waals surface area contributed by atoms with Gasteiger partial charge in [-0.3, -0.25) is 5.10 Å². The maximum absolute atomic E-state index is 5.62. The fraction of sp³-hybridized carbons (Fsp3) is 0.286. The van der Waals surface area contributed by atoms with Crippen LogP contribution in [0.4, 0.5) is 0 Å². The third kappa shape index (κ3) is 1.04. The van der Waals surface area contributed by atoms with E-state index in [1.807, 2.05) is 6.92 Å². The van der Waals surface area contributed by atoms with Crippen LogP contribution in [-0.4, -0.2) is 20.2 Å². The van der Waals surface area contributed by atoms with Crippen LogP contribution in [-0.2, 0) is 0 Å². The van der Waals surface area contributed by atoms with E-state index in [9.17, 15) is 0 Å². The van der Waals surface area contributed by atoms with E-state index in [4.69, 9.17) is 5.73 Å². The first-order chi connectivity index (χ1) is 5.77. The van der Waals surface area contributed by atoms with Crippen molar-refractivity contribution in [3.8, 4) is 0 Å². The van der Waals surface area contributed by atoms with Crippen LogP contribution >= 0.6 is 0 Å². The molecule has 2 aromatic heterocycles. The molecule has 0 saturated heterocycles. The third-order valence-corrected chi connectivity index (χ3v) is 1.62. The molecular formula is C7H9N5. The molecule has 12 heavy (non-hydrogen) atoms. The van der Waals surface area contributed by atoms with Gasteiger partial charge in [0.05, 0.1) is 18.4 Å². The van der Waals surface area contributed by atoms with E-state index in [1.165, 1.54) is 0 Å². The van der Waals surface area contributed by atoms with Gasteiger partial charge >= 0.3 is 0 Å². The molecule has 2 heterocycles. The van der Waals surface area contributed by atoms with Gasteiger partial charge in [0.25, 0.3) is 0 Å². The Balaban J connectivity index is 2.60. The second-order valence-corrected chi connectivity index (χ2v) is 2.69. The van der Waals surface area contributed by atoms with Crippen LogP contribution in [0.1, 0.15) is 18.8 Å². The summed E-state index contributed by atoms with van der Waals surface area (Å²) in [6, 6.07) is -0.135. The summed E-state index contributed by atoms with van der Waals surface area (Å²) in [5.41, 5.74) is 7.25. The van der Waals surface area contributed by atoms with E-state index in [-0.39, 0.29) is 6.04 Å². The Morgan fingerprint density at radius 2 is 2.33 bits per heavy atom. The molecule has 5 heteroatoms. The molecule has 1 unspecified atom stereocenters. The minimum Gasteiger partial charge on any atom is -0.322 e. The number of hydrogen-bond donors (Lipinski definition) is 2. The summed E-state index contributed by atoms with van der Waals surface area (Å²) in [6.07, 6.45) is 3.34. The Morgan fingerprint density at radius 1 is 1.50 bits per heavy atom. The van der Waals surface area contributed by atoms with Crippen molar-refractivity contribution >= 4 is 11.0 Å². The molecule has 0 spiro atoms. The Labute approximate surface area is 69.0 Å². The number of aromatic amines is 1. The molecule has 0 aliphatic carbocycles. The highest BCUT2D eigenvalue weighted by Crippen LogP contribution is 2.08. The van der Waals surface area contributed by atoms with Crippen molar-refractivity contribution in [1.29, 1.82) is 0 Å².